The van der Waals surface area contributed by atoms with Crippen LogP contribution in [0.1, 0.15) is 47.6 Å². The first-order valence-corrected chi connectivity index (χ1v) is 14.8. The van der Waals surface area contributed by atoms with Gasteiger partial charge in [0.2, 0.25) is 5.91 Å². The zero-order chi connectivity index (χ0) is 28.7. The van der Waals surface area contributed by atoms with Crippen molar-refractivity contribution < 1.29 is 14.3 Å². The van der Waals surface area contributed by atoms with Gasteiger partial charge in [-0.2, -0.15) is 0 Å². The molecule has 6 rings (SSSR count). The van der Waals surface area contributed by atoms with E-state index in [0.717, 1.165) is 59.8 Å². The minimum absolute atomic E-state index is 0.0820. The van der Waals surface area contributed by atoms with E-state index >= 15 is 0 Å². The summed E-state index contributed by atoms with van der Waals surface area (Å²) in [5.41, 5.74) is 7.24. The molecule has 1 N–H and O–H groups in total. The Morgan fingerprint density at radius 2 is 1.80 bits per heavy atom. The Balaban J connectivity index is 1.17. The van der Waals surface area contributed by atoms with Gasteiger partial charge in [-0.1, -0.05) is 30.3 Å². The molecule has 2 aliphatic heterocycles. The summed E-state index contributed by atoms with van der Waals surface area (Å²) >= 11 is 3.51. The van der Waals surface area contributed by atoms with E-state index < -0.39 is 0 Å². The molecule has 2 aliphatic rings. The number of ether oxygens (including phenoxy) is 1. The molecular formula is C31H33BrN6O3. The van der Waals surface area contributed by atoms with E-state index in [1.54, 1.807) is 6.92 Å². The van der Waals surface area contributed by atoms with Crippen LogP contribution in [0.2, 0.25) is 0 Å². The van der Waals surface area contributed by atoms with Gasteiger partial charge >= 0.3 is 0 Å². The summed E-state index contributed by atoms with van der Waals surface area (Å²) in [6, 6.07) is 14.8. The van der Waals surface area contributed by atoms with Crippen LogP contribution in [0.25, 0.3) is 16.8 Å². The molecule has 1 fully saturated rings. The van der Waals surface area contributed by atoms with Crippen molar-refractivity contribution in [3.63, 3.8) is 0 Å². The van der Waals surface area contributed by atoms with Gasteiger partial charge in [-0.25, -0.2) is 9.97 Å². The quantitative estimate of drug-likeness (QED) is 0.342. The minimum Gasteiger partial charge on any atom is -0.378 e. The molecule has 0 unspecified atom stereocenters. The number of rotatable bonds is 5. The summed E-state index contributed by atoms with van der Waals surface area (Å²) in [4.78, 5) is 38.8. The van der Waals surface area contributed by atoms with Crippen molar-refractivity contribution in [2.45, 2.75) is 46.2 Å². The number of carbonyl (C=O) groups is 2. The third-order valence-electron chi connectivity index (χ3n) is 8.01. The Morgan fingerprint density at radius 1 is 1.07 bits per heavy atom. The molecule has 0 bridgehead atoms. The molecule has 212 valence electrons. The van der Waals surface area contributed by atoms with E-state index in [1.807, 2.05) is 34.6 Å². The number of halogens is 1. The van der Waals surface area contributed by atoms with Gasteiger partial charge < -0.3 is 19.9 Å². The second-order valence-corrected chi connectivity index (χ2v) is 11.5. The molecule has 4 heterocycles. The Labute approximate surface area is 247 Å². The van der Waals surface area contributed by atoms with Crippen molar-refractivity contribution >= 4 is 44.9 Å². The molecule has 9 nitrogen and oxygen atoms in total. The highest BCUT2D eigenvalue weighted by atomic mass is 79.9. The Hall–Kier alpha value is -3.76. The SMILES string of the molecule is CC(=O)N1c2ccc(-c3ccc(CNC(=O)c4nc5c(N6CCOCC6)nc(Br)cn5c4C)cc3)cc2CC[C@@H]1C. The number of amides is 2. The van der Waals surface area contributed by atoms with Crippen LogP contribution in [0.15, 0.2) is 53.3 Å². The average molecular weight is 618 g/mol. The number of hydrogen-bond donors (Lipinski definition) is 1. The smallest absolute Gasteiger partial charge is 0.272 e. The van der Waals surface area contributed by atoms with E-state index in [2.05, 4.69) is 68.4 Å². The van der Waals surface area contributed by atoms with Crippen LogP contribution in [0.5, 0.6) is 0 Å². The van der Waals surface area contributed by atoms with Crippen LogP contribution in [0.3, 0.4) is 0 Å². The van der Waals surface area contributed by atoms with Gasteiger partial charge in [-0.3, -0.25) is 14.0 Å². The first-order chi connectivity index (χ1) is 19.8. The Morgan fingerprint density at radius 3 is 2.54 bits per heavy atom. The number of hydrogen-bond acceptors (Lipinski definition) is 6. The van der Waals surface area contributed by atoms with Gasteiger partial charge in [-0.15, -0.1) is 0 Å². The van der Waals surface area contributed by atoms with Crippen LogP contribution in [0, 0.1) is 6.92 Å². The molecule has 2 amide bonds. The zero-order valence-electron chi connectivity index (χ0n) is 23.5. The number of imidazole rings is 1. The van der Waals surface area contributed by atoms with Crippen LogP contribution < -0.4 is 15.1 Å². The molecule has 1 atom stereocenters. The summed E-state index contributed by atoms with van der Waals surface area (Å²) in [6.07, 6.45) is 3.76. The molecule has 41 heavy (non-hydrogen) atoms. The van der Waals surface area contributed by atoms with Gasteiger partial charge in [0.15, 0.2) is 11.5 Å². The van der Waals surface area contributed by atoms with E-state index in [0.29, 0.717) is 35.7 Å². The molecule has 0 spiro atoms. The summed E-state index contributed by atoms with van der Waals surface area (Å²) in [7, 11) is 0. The summed E-state index contributed by atoms with van der Waals surface area (Å²) in [6.45, 7) is 8.74. The molecule has 0 saturated carbocycles. The average Bonchev–Trinajstić information content (AvgIpc) is 3.31. The van der Waals surface area contributed by atoms with Crippen LogP contribution >= 0.6 is 15.9 Å². The maximum absolute atomic E-state index is 13.2. The second kappa shape index (κ2) is 11.3. The fourth-order valence-electron chi connectivity index (χ4n) is 5.81. The molecule has 2 aromatic heterocycles. The summed E-state index contributed by atoms with van der Waals surface area (Å²) < 4.78 is 8.09. The normalized spacial score (nSPS) is 17.0. The number of benzene rings is 2. The Bertz CT molecular complexity index is 1630. The highest BCUT2D eigenvalue weighted by Crippen LogP contribution is 2.34. The van der Waals surface area contributed by atoms with E-state index in [-0.39, 0.29) is 17.9 Å². The number of nitrogens with zero attached hydrogens (tertiary/aromatic N) is 5. The number of morpholine rings is 1. The van der Waals surface area contributed by atoms with E-state index in [4.69, 9.17) is 9.72 Å². The maximum atomic E-state index is 13.2. The topological polar surface area (TPSA) is 92.1 Å². The fourth-order valence-corrected chi connectivity index (χ4v) is 6.18. The van der Waals surface area contributed by atoms with E-state index in [9.17, 15) is 9.59 Å². The third kappa shape index (κ3) is 5.34. The number of nitrogens with one attached hydrogen (secondary N) is 1. The predicted octanol–water partition coefficient (Wildman–Crippen LogP) is 4.92. The summed E-state index contributed by atoms with van der Waals surface area (Å²) in [5, 5.41) is 3.03. The zero-order valence-corrected chi connectivity index (χ0v) is 25.1. The lowest BCUT2D eigenvalue weighted by Crippen LogP contribution is -2.40. The standard InChI is InChI=1S/C31H33BrN6O3/c1-19-4-7-25-16-24(10-11-26(25)38(19)21(3)39)23-8-5-22(6-9-23)17-33-31(40)28-20(2)37-18-27(32)34-29(30(37)35-28)36-12-14-41-15-13-36/h5-6,8-11,16,18-19H,4,7,12-15,17H2,1-3H3,(H,33,40)/t19-/m0/s1. The van der Waals surface area contributed by atoms with Gasteiger partial charge in [0.1, 0.15) is 10.3 Å². The van der Waals surface area contributed by atoms with Crippen LogP contribution in [0.4, 0.5) is 11.5 Å². The largest absolute Gasteiger partial charge is 0.378 e. The second-order valence-electron chi connectivity index (χ2n) is 10.7. The lowest BCUT2D eigenvalue weighted by atomic mass is 9.93. The highest BCUT2D eigenvalue weighted by Gasteiger charge is 2.26. The summed E-state index contributed by atoms with van der Waals surface area (Å²) in [5.74, 6) is 0.600. The number of aryl methyl sites for hydroxylation is 2. The predicted molar refractivity (Wildman–Crippen MR) is 162 cm³/mol. The monoisotopic (exact) mass is 616 g/mol. The fraction of sp³-hybridized carbons (Fsp3) is 0.355. The van der Waals surface area contributed by atoms with Gasteiger partial charge in [0.05, 0.1) is 18.9 Å². The third-order valence-corrected chi connectivity index (χ3v) is 8.40. The Kier molecular flexibility index (Phi) is 7.52. The number of anilines is 2. The highest BCUT2D eigenvalue weighted by molar-refractivity contribution is 9.10. The molecule has 4 aromatic rings. The van der Waals surface area contributed by atoms with Crippen molar-refractivity contribution in [2.24, 2.45) is 0 Å². The molecule has 10 heteroatoms. The van der Waals surface area contributed by atoms with Crippen molar-refractivity contribution in [1.29, 1.82) is 0 Å². The maximum Gasteiger partial charge on any atom is 0.272 e. The van der Waals surface area contributed by atoms with Crippen LogP contribution in [-0.4, -0.2) is 58.5 Å². The van der Waals surface area contributed by atoms with Gasteiger partial charge in [0, 0.05) is 44.5 Å². The van der Waals surface area contributed by atoms with Gasteiger partial charge in [0.25, 0.3) is 5.91 Å². The number of aromatic nitrogens is 3. The van der Waals surface area contributed by atoms with Crippen LogP contribution in [-0.2, 0) is 22.5 Å². The molecule has 2 aromatic carbocycles. The first-order valence-electron chi connectivity index (χ1n) is 14.0. The molecular weight excluding hydrogens is 584 g/mol. The molecule has 0 aliphatic carbocycles. The van der Waals surface area contributed by atoms with Gasteiger partial charge in [-0.05, 0) is 77.0 Å². The van der Waals surface area contributed by atoms with Crippen molar-refractivity contribution in [3.8, 4) is 11.1 Å². The van der Waals surface area contributed by atoms with Crippen molar-refractivity contribution in [2.75, 3.05) is 36.1 Å². The lowest BCUT2D eigenvalue weighted by Gasteiger charge is -2.34. The number of fused-ring (bicyclic) bond motifs is 2. The first kappa shape index (κ1) is 27.4. The molecule has 1 saturated heterocycles. The van der Waals surface area contributed by atoms with E-state index in [1.165, 1.54) is 5.56 Å². The molecule has 0 radical (unpaired) electrons. The van der Waals surface area contributed by atoms with Crippen molar-refractivity contribution in [1.82, 2.24) is 19.7 Å². The van der Waals surface area contributed by atoms with Crippen molar-refractivity contribution in [3.05, 3.63) is 75.8 Å². The lowest BCUT2D eigenvalue weighted by molar-refractivity contribution is -0.117. The number of carbonyl (C=O) groups excluding carboxylic acids is 2. The minimum atomic E-state index is -0.224.